The zero-order valence-corrected chi connectivity index (χ0v) is 21.6. The number of fused-ring (bicyclic) bond motifs is 6. The van der Waals surface area contributed by atoms with Gasteiger partial charge in [-0.25, -0.2) is 4.85 Å². The Balaban J connectivity index is 1.49. The van der Waals surface area contributed by atoms with Crippen molar-refractivity contribution in [2.45, 2.75) is 0 Å². The molecule has 0 saturated heterocycles. The van der Waals surface area contributed by atoms with Crippen LogP contribution in [0, 0.1) is 6.57 Å². The fourth-order valence-electron chi connectivity index (χ4n) is 6.26. The second-order valence-electron chi connectivity index (χ2n) is 10.1. The van der Waals surface area contributed by atoms with Crippen LogP contribution >= 0.6 is 0 Å². The summed E-state index contributed by atoms with van der Waals surface area (Å²) in [6.45, 7) is 7.35. The van der Waals surface area contributed by atoms with Gasteiger partial charge in [-0.1, -0.05) is 103 Å². The van der Waals surface area contributed by atoms with Crippen molar-refractivity contribution in [2.75, 3.05) is 0 Å². The Kier molecular flexibility index (Phi) is 4.89. The van der Waals surface area contributed by atoms with Crippen molar-refractivity contribution in [3.8, 4) is 22.5 Å². The number of hydrogen-bond donors (Lipinski definition) is 0. The molecular weight excluding hydrogens is 486 g/mol. The number of nitrogens with zero attached hydrogens (tertiary/aromatic N) is 3. The molecule has 0 unspecified atom stereocenters. The van der Waals surface area contributed by atoms with E-state index in [0.29, 0.717) is 5.69 Å². The minimum atomic E-state index is 0.647. The quantitative estimate of drug-likeness (QED) is 0.210. The van der Waals surface area contributed by atoms with Gasteiger partial charge in [0.2, 0.25) is 0 Å². The molecule has 8 aromatic rings. The number of aromatic nitrogens is 2. The van der Waals surface area contributed by atoms with Gasteiger partial charge in [0.05, 0.1) is 40.0 Å². The van der Waals surface area contributed by atoms with Gasteiger partial charge < -0.3 is 9.13 Å². The average molecular weight is 510 g/mol. The zero-order chi connectivity index (χ0) is 26.6. The normalized spacial score (nSPS) is 11.5. The first-order chi connectivity index (χ1) is 19.8. The molecule has 0 aliphatic carbocycles. The van der Waals surface area contributed by atoms with Crippen LogP contribution in [0.1, 0.15) is 0 Å². The van der Waals surface area contributed by atoms with Gasteiger partial charge in [0.1, 0.15) is 0 Å². The van der Waals surface area contributed by atoms with E-state index < -0.39 is 0 Å². The molecule has 186 valence electrons. The van der Waals surface area contributed by atoms with Crippen LogP contribution < -0.4 is 0 Å². The van der Waals surface area contributed by atoms with Gasteiger partial charge >= 0.3 is 0 Å². The molecular formula is C37H23N3. The molecule has 0 amide bonds. The van der Waals surface area contributed by atoms with Crippen LogP contribution in [0.25, 0.3) is 71.0 Å². The van der Waals surface area contributed by atoms with Crippen LogP contribution in [-0.2, 0) is 0 Å². The topological polar surface area (TPSA) is 14.2 Å². The van der Waals surface area contributed by atoms with E-state index in [-0.39, 0.29) is 0 Å². The molecule has 3 nitrogen and oxygen atoms in total. The van der Waals surface area contributed by atoms with E-state index in [0.717, 1.165) is 27.8 Å². The second kappa shape index (κ2) is 8.73. The van der Waals surface area contributed by atoms with Crippen molar-refractivity contribution < 1.29 is 0 Å². The maximum Gasteiger partial charge on any atom is 0.187 e. The lowest BCUT2D eigenvalue weighted by atomic mass is 10.0. The van der Waals surface area contributed by atoms with Crippen LogP contribution in [0.15, 0.2) is 140 Å². The molecule has 0 spiro atoms. The highest BCUT2D eigenvalue weighted by Crippen LogP contribution is 2.41. The molecule has 0 fully saturated rings. The molecule has 0 aliphatic heterocycles. The van der Waals surface area contributed by atoms with E-state index in [2.05, 4.69) is 129 Å². The minimum Gasteiger partial charge on any atom is -0.309 e. The average Bonchev–Trinajstić information content (AvgIpc) is 3.54. The summed E-state index contributed by atoms with van der Waals surface area (Å²) < 4.78 is 4.80. The maximum atomic E-state index is 7.35. The van der Waals surface area contributed by atoms with Gasteiger partial charge in [0.15, 0.2) is 5.69 Å². The molecule has 0 aliphatic rings. The van der Waals surface area contributed by atoms with E-state index in [1.165, 1.54) is 38.3 Å². The number of rotatable bonds is 3. The lowest BCUT2D eigenvalue weighted by Gasteiger charge is -2.15. The van der Waals surface area contributed by atoms with Crippen LogP contribution in [0.5, 0.6) is 0 Å². The Morgan fingerprint density at radius 1 is 0.425 bits per heavy atom. The number of benzene rings is 6. The Bertz CT molecular complexity index is 2220. The fraction of sp³-hybridized carbons (Fsp3) is 0. The highest BCUT2D eigenvalue weighted by molar-refractivity contribution is 6.16. The zero-order valence-electron chi connectivity index (χ0n) is 21.6. The summed E-state index contributed by atoms with van der Waals surface area (Å²) in [7, 11) is 0. The Hall–Kier alpha value is -5.59. The van der Waals surface area contributed by atoms with E-state index in [9.17, 15) is 0 Å². The minimum absolute atomic E-state index is 0.647. The molecule has 0 N–H and O–H groups in total. The molecule has 6 aromatic carbocycles. The first kappa shape index (κ1) is 22.4. The molecule has 8 rings (SSSR count). The Morgan fingerprint density at radius 3 is 1.60 bits per heavy atom. The predicted octanol–water partition coefficient (Wildman–Crippen LogP) is 10.1. The highest BCUT2D eigenvalue weighted by Gasteiger charge is 2.20. The highest BCUT2D eigenvalue weighted by atomic mass is 15.0. The van der Waals surface area contributed by atoms with Gasteiger partial charge in [-0.15, -0.1) is 0 Å². The molecule has 0 saturated carbocycles. The molecule has 2 heterocycles. The number of hydrogen-bond acceptors (Lipinski definition) is 0. The van der Waals surface area contributed by atoms with Crippen molar-refractivity contribution in [2.24, 2.45) is 0 Å². The summed E-state index contributed by atoms with van der Waals surface area (Å²) in [6, 6.07) is 49.1. The third-order valence-corrected chi connectivity index (χ3v) is 7.95. The summed E-state index contributed by atoms with van der Waals surface area (Å²) in [6.07, 6.45) is 0. The third-order valence-electron chi connectivity index (χ3n) is 7.95. The molecule has 0 bridgehead atoms. The van der Waals surface area contributed by atoms with Crippen LogP contribution in [0.4, 0.5) is 5.69 Å². The van der Waals surface area contributed by atoms with Gasteiger partial charge in [-0.05, 0) is 42.0 Å². The van der Waals surface area contributed by atoms with Gasteiger partial charge in [0.25, 0.3) is 0 Å². The summed E-state index contributed by atoms with van der Waals surface area (Å²) in [5.74, 6) is 0. The van der Waals surface area contributed by atoms with Crippen molar-refractivity contribution >= 4 is 49.3 Å². The van der Waals surface area contributed by atoms with Crippen LogP contribution in [0.2, 0.25) is 0 Å². The standard InChI is InChI=1S/C37H23N3/c1-38-26-23-21-25(22-24-26)27-11-2-6-15-31(27)39-34-18-9-5-14-30(34)37-35(39)19-10-20-36(37)40-32-16-7-3-12-28(32)29-13-4-8-17-33(29)40/h2-24H. The van der Waals surface area contributed by atoms with E-state index in [1.54, 1.807) is 0 Å². The van der Waals surface area contributed by atoms with E-state index >= 15 is 0 Å². The Morgan fingerprint density at radius 2 is 0.925 bits per heavy atom. The summed E-state index contributed by atoms with van der Waals surface area (Å²) in [4.78, 5) is 3.58. The van der Waals surface area contributed by atoms with Crippen molar-refractivity contribution in [1.29, 1.82) is 0 Å². The van der Waals surface area contributed by atoms with Crippen LogP contribution in [-0.4, -0.2) is 9.13 Å². The third kappa shape index (κ3) is 3.17. The monoisotopic (exact) mass is 509 g/mol. The second-order valence-corrected chi connectivity index (χ2v) is 10.1. The SMILES string of the molecule is [C-]#[N+]c1ccc(-c2ccccc2-n2c3ccccc3c3c(-n4c5ccccc5c5ccccc54)cccc32)cc1. The largest absolute Gasteiger partial charge is 0.309 e. The predicted molar refractivity (Wildman–Crippen MR) is 167 cm³/mol. The molecule has 40 heavy (non-hydrogen) atoms. The molecule has 0 radical (unpaired) electrons. The van der Waals surface area contributed by atoms with E-state index in [1.807, 2.05) is 24.3 Å². The molecule has 0 atom stereocenters. The number of para-hydroxylation sites is 4. The summed E-state index contributed by atoms with van der Waals surface area (Å²) >= 11 is 0. The van der Waals surface area contributed by atoms with Crippen molar-refractivity contribution in [3.63, 3.8) is 0 Å². The lowest BCUT2D eigenvalue weighted by Crippen LogP contribution is -1.98. The fourth-order valence-corrected chi connectivity index (χ4v) is 6.26. The van der Waals surface area contributed by atoms with Crippen LogP contribution in [0.3, 0.4) is 0 Å². The maximum absolute atomic E-state index is 7.35. The van der Waals surface area contributed by atoms with Gasteiger partial charge in [0, 0.05) is 27.1 Å². The summed E-state index contributed by atoms with van der Waals surface area (Å²) in [5.41, 5.74) is 9.88. The first-order valence-electron chi connectivity index (χ1n) is 13.4. The van der Waals surface area contributed by atoms with Crippen molar-refractivity contribution in [1.82, 2.24) is 9.13 Å². The smallest absolute Gasteiger partial charge is 0.187 e. The van der Waals surface area contributed by atoms with E-state index in [4.69, 9.17) is 6.57 Å². The molecule has 2 aromatic heterocycles. The lowest BCUT2D eigenvalue weighted by molar-refractivity contribution is 1.17. The first-order valence-corrected chi connectivity index (χ1v) is 13.4. The van der Waals surface area contributed by atoms with Crippen molar-refractivity contribution in [3.05, 3.63) is 151 Å². The Labute approximate surface area is 231 Å². The molecule has 3 heteroatoms. The summed E-state index contributed by atoms with van der Waals surface area (Å²) in [5, 5.41) is 4.95. The van der Waals surface area contributed by atoms with Gasteiger partial charge in [-0.2, -0.15) is 0 Å². The van der Waals surface area contributed by atoms with Gasteiger partial charge in [-0.3, -0.25) is 0 Å².